The predicted octanol–water partition coefficient (Wildman–Crippen LogP) is 9.00. The van der Waals surface area contributed by atoms with Gasteiger partial charge in [0.15, 0.2) is 23.0 Å². The zero-order valence-corrected chi connectivity index (χ0v) is 31.2. The molecule has 0 aromatic heterocycles. The first-order chi connectivity index (χ1) is 25.8. The lowest BCUT2D eigenvalue weighted by molar-refractivity contribution is 0.398. The summed E-state index contributed by atoms with van der Waals surface area (Å²) in [6, 6.07) is 22.9. The molecule has 0 heterocycles. The van der Waals surface area contributed by atoms with Crippen molar-refractivity contribution in [2.45, 2.75) is 66.5 Å². The topological polar surface area (TPSA) is 170 Å². The van der Waals surface area contributed by atoms with E-state index in [4.69, 9.17) is 0 Å². The molecule has 0 amide bonds. The zero-order chi connectivity index (χ0) is 38.8. The Bertz CT molecular complexity index is 2250. The number of fused-ring (bicyclic) bond motifs is 2. The first-order valence-corrected chi connectivity index (χ1v) is 17.9. The van der Waals surface area contributed by atoms with Crippen LogP contribution in [-0.4, -0.2) is 43.1 Å². The smallest absolute Gasteiger partial charge is 0.167 e. The lowest BCUT2D eigenvalue weighted by Gasteiger charge is -2.23. The van der Waals surface area contributed by atoms with Gasteiger partial charge in [0.1, 0.15) is 11.5 Å². The summed E-state index contributed by atoms with van der Waals surface area (Å²) in [4.78, 5) is 0. The lowest BCUT2D eigenvalue weighted by atomic mass is 9.83. The minimum absolute atomic E-state index is 0.0890. The van der Waals surface area contributed by atoms with Gasteiger partial charge in [-0.15, -0.1) is 0 Å². The molecule has 0 saturated heterocycles. The normalized spacial score (nSPS) is 11.9. The van der Waals surface area contributed by atoms with Crippen molar-refractivity contribution >= 4 is 34.0 Å². The lowest BCUT2D eigenvalue weighted by Crippen LogP contribution is -2.06. The Balaban J connectivity index is 1.59. The van der Waals surface area contributed by atoms with E-state index in [1.54, 1.807) is 13.8 Å². The van der Waals surface area contributed by atoms with Gasteiger partial charge in [-0.05, 0) is 58.7 Å². The van der Waals surface area contributed by atoms with Crippen molar-refractivity contribution < 1.29 is 30.6 Å². The summed E-state index contributed by atoms with van der Waals surface area (Å²) in [5, 5.41) is 80.1. The van der Waals surface area contributed by atoms with Crippen LogP contribution >= 0.6 is 0 Å². The van der Waals surface area contributed by atoms with Crippen molar-refractivity contribution in [1.82, 2.24) is 10.9 Å². The second-order valence-electron chi connectivity index (χ2n) is 14.2. The van der Waals surface area contributed by atoms with Gasteiger partial charge in [-0.1, -0.05) is 100 Å². The molecule has 0 fully saturated rings. The molecule has 6 aromatic rings. The van der Waals surface area contributed by atoms with Crippen molar-refractivity contribution in [2.75, 3.05) is 0 Å². The summed E-state index contributed by atoms with van der Waals surface area (Å²) in [5.74, 6) is -2.44. The van der Waals surface area contributed by atoms with Gasteiger partial charge in [-0.25, -0.2) is 0 Å². The molecule has 0 radical (unpaired) electrons. The number of nitrogens with zero attached hydrogens (tertiary/aromatic N) is 2. The van der Waals surface area contributed by atoms with Gasteiger partial charge >= 0.3 is 0 Å². The third-order valence-electron chi connectivity index (χ3n) is 9.81. The van der Waals surface area contributed by atoms with Gasteiger partial charge in [0.25, 0.3) is 0 Å². The molecule has 0 spiro atoms. The van der Waals surface area contributed by atoms with E-state index < -0.39 is 11.5 Å². The monoisotopic (exact) mass is 726 g/mol. The van der Waals surface area contributed by atoms with Crippen LogP contribution in [0.2, 0.25) is 0 Å². The van der Waals surface area contributed by atoms with Crippen molar-refractivity contribution in [1.29, 1.82) is 0 Å². The van der Waals surface area contributed by atoms with E-state index in [2.05, 4.69) is 21.1 Å². The number of benzene rings is 6. The maximum absolute atomic E-state index is 12.3. The summed E-state index contributed by atoms with van der Waals surface area (Å²) in [5.41, 5.74) is 10.7. The highest BCUT2D eigenvalue weighted by Gasteiger charge is 2.29. The second kappa shape index (κ2) is 15.3. The molecule has 0 bridgehead atoms. The number of rotatable bonds is 11. The number of nitrogens with one attached hydrogen (secondary N) is 2. The molecule has 0 saturated carbocycles. The Morgan fingerprint density at radius 3 is 1.20 bits per heavy atom. The van der Waals surface area contributed by atoms with E-state index in [9.17, 15) is 30.6 Å². The summed E-state index contributed by atoms with van der Waals surface area (Å²) < 4.78 is 0. The molecule has 8 N–H and O–H groups in total. The number of aryl methyl sites for hydroxylation is 2. The van der Waals surface area contributed by atoms with Gasteiger partial charge in [0, 0.05) is 33.0 Å². The van der Waals surface area contributed by atoms with Gasteiger partial charge in [-0.3, -0.25) is 0 Å². The summed E-state index contributed by atoms with van der Waals surface area (Å²) >= 11 is 0. The largest absolute Gasteiger partial charge is 0.507 e. The van der Waals surface area contributed by atoms with Crippen LogP contribution in [-0.2, 0) is 13.1 Å². The standard InChI is InChI=1S/C44H46N4O6/c1-23(2)33-29-17-25(5)35(41(51)37(29)31(39(49)43(33)53)21-47-45-19-27-13-9-7-10-14-27)36-26(6)18-30-34(24(3)4)44(54)40(50)32(38(30)42(36)52)22-48-46-20-28-15-11-8-12-16-28/h7-18,21-24,45-46,49-54H,19-20H2,1-6H3. The minimum Gasteiger partial charge on any atom is -0.507 e. The fourth-order valence-electron chi connectivity index (χ4n) is 7.31. The van der Waals surface area contributed by atoms with Crippen LogP contribution in [0.1, 0.15) is 84.0 Å². The van der Waals surface area contributed by atoms with Crippen molar-refractivity contribution in [2.24, 2.45) is 10.2 Å². The average Bonchev–Trinajstić information content (AvgIpc) is 3.13. The summed E-state index contributed by atoms with van der Waals surface area (Å²) in [7, 11) is 0. The van der Waals surface area contributed by atoms with Gasteiger partial charge in [-0.2, -0.15) is 10.2 Å². The number of hydrogen-bond acceptors (Lipinski definition) is 10. The van der Waals surface area contributed by atoms with Crippen LogP contribution in [0.5, 0.6) is 34.5 Å². The Labute approximate surface area is 314 Å². The van der Waals surface area contributed by atoms with Crippen molar-refractivity contribution in [3.8, 4) is 45.6 Å². The third kappa shape index (κ3) is 6.78. The van der Waals surface area contributed by atoms with Crippen LogP contribution in [0.3, 0.4) is 0 Å². The van der Waals surface area contributed by atoms with Crippen LogP contribution in [0.25, 0.3) is 32.7 Å². The van der Waals surface area contributed by atoms with E-state index >= 15 is 0 Å². The van der Waals surface area contributed by atoms with E-state index in [1.165, 1.54) is 12.4 Å². The van der Waals surface area contributed by atoms with Gasteiger partial charge in [0.05, 0.1) is 36.6 Å². The van der Waals surface area contributed by atoms with E-state index in [0.717, 1.165) is 11.1 Å². The van der Waals surface area contributed by atoms with Gasteiger partial charge in [0.2, 0.25) is 0 Å². The first-order valence-electron chi connectivity index (χ1n) is 17.9. The molecular weight excluding hydrogens is 681 g/mol. The van der Waals surface area contributed by atoms with E-state index in [1.807, 2.05) is 100 Å². The van der Waals surface area contributed by atoms with Crippen LogP contribution in [0.4, 0.5) is 0 Å². The Morgan fingerprint density at radius 1 is 0.519 bits per heavy atom. The molecule has 10 nitrogen and oxygen atoms in total. The summed E-state index contributed by atoms with van der Waals surface area (Å²) in [6.45, 7) is 11.9. The Kier molecular flexibility index (Phi) is 10.6. The van der Waals surface area contributed by atoms with Crippen LogP contribution < -0.4 is 10.9 Å². The number of aromatic hydroxyl groups is 6. The Morgan fingerprint density at radius 2 is 0.870 bits per heavy atom. The molecule has 278 valence electrons. The first kappa shape index (κ1) is 37.3. The fraction of sp³-hybridized carbons (Fsp3) is 0.227. The molecule has 6 aromatic carbocycles. The van der Waals surface area contributed by atoms with Crippen LogP contribution in [0.15, 0.2) is 83.0 Å². The molecule has 6 rings (SSSR count). The predicted molar refractivity (Wildman–Crippen MR) is 216 cm³/mol. The average molecular weight is 727 g/mol. The highest BCUT2D eigenvalue weighted by Crippen LogP contribution is 2.54. The fourth-order valence-corrected chi connectivity index (χ4v) is 7.31. The number of phenolic OH excluding ortho intramolecular Hbond substituents is 6. The van der Waals surface area contributed by atoms with Crippen LogP contribution in [0, 0.1) is 13.8 Å². The number of hydrogen-bond donors (Lipinski definition) is 8. The maximum Gasteiger partial charge on any atom is 0.167 e. The summed E-state index contributed by atoms with van der Waals surface area (Å²) in [6.07, 6.45) is 2.73. The molecule has 10 heteroatoms. The van der Waals surface area contributed by atoms with E-state index in [-0.39, 0.29) is 67.9 Å². The molecular formula is C44H46N4O6. The molecule has 0 aliphatic carbocycles. The molecule has 0 atom stereocenters. The maximum atomic E-state index is 12.3. The number of phenols is 6. The highest BCUT2D eigenvalue weighted by atomic mass is 16.3. The number of hydrazone groups is 2. The second-order valence-corrected chi connectivity index (χ2v) is 14.2. The highest BCUT2D eigenvalue weighted by molar-refractivity contribution is 6.15. The molecule has 0 aliphatic heterocycles. The minimum atomic E-state index is -0.440. The van der Waals surface area contributed by atoms with Crippen molar-refractivity contribution in [3.63, 3.8) is 0 Å². The third-order valence-corrected chi connectivity index (χ3v) is 9.81. The zero-order valence-electron chi connectivity index (χ0n) is 31.2. The van der Waals surface area contributed by atoms with E-state index in [0.29, 0.717) is 46.1 Å². The van der Waals surface area contributed by atoms with Gasteiger partial charge < -0.3 is 41.5 Å². The van der Waals surface area contributed by atoms with Crippen molar-refractivity contribution in [3.05, 3.63) is 117 Å². The SMILES string of the molecule is Cc1cc2c(C(C)C)c(O)c(O)c(C=NNCc3ccccc3)c2c(O)c1-c1c(C)cc2c(C(C)C)c(O)c(O)c(C=NNCc3ccccc3)c2c1O. The molecule has 54 heavy (non-hydrogen) atoms. The Hall–Kier alpha value is -6.42. The molecule has 0 aliphatic rings. The molecule has 0 unspecified atom stereocenters. The quantitative estimate of drug-likeness (QED) is 0.0372.